The topological polar surface area (TPSA) is 93.1 Å². The number of hydrogen-bond acceptors (Lipinski definition) is 6. The number of rotatable bonds is 16. The maximum absolute atomic E-state index is 15.0. The average molecular weight is 667 g/mol. The van der Waals surface area contributed by atoms with Crippen molar-refractivity contribution in [1.29, 1.82) is 0 Å². The predicted molar refractivity (Wildman–Crippen MR) is 183 cm³/mol. The van der Waals surface area contributed by atoms with Gasteiger partial charge in [-0.1, -0.05) is 57.2 Å². The van der Waals surface area contributed by atoms with Gasteiger partial charge in [0.2, 0.25) is 0 Å². The van der Waals surface area contributed by atoms with Crippen molar-refractivity contribution in [2.45, 2.75) is 89.9 Å². The molecule has 2 aliphatic rings. The van der Waals surface area contributed by atoms with Crippen molar-refractivity contribution < 1.29 is 38.1 Å². The largest absolute Gasteiger partial charge is 0.462 e. The molecule has 0 unspecified atom stereocenters. The van der Waals surface area contributed by atoms with E-state index in [1.807, 2.05) is 24.3 Å². The number of aryl methyl sites for hydroxylation is 1. The Morgan fingerprint density at radius 3 is 1.77 bits per heavy atom. The molecule has 48 heavy (non-hydrogen) atoms. The molecule has 2 N–H and O–H groups in total. The highest BCUT2D eigenvalue weighted by atomic mass is 19.1. The summed E-state index contributed by atoms with van der Waals surface area (Å²) in [5.74, 6) is -0.673. The minimum absolute atomic E-state index is 0.0276. The molecule has 0 saturated heterocycles. The summed E-state index contributed by atoms with van der Waals surface area (Å²) in [5.41, 5.74) is 2.49. The van der Waals surface area contributed by atoms with Crippen LogP contribution < -0.4 is 0 Å². The molecular formula is C40H52F2O6. The first-order chi connectivity index (χ1) is 23.1. The molecule has 0 atom stereocenters. The first-order valence-corrected chi connectivity index (χ1v) is 17.6. The van der Waals surface area contributed by atoms with Crippen LogP contribution in [-0.4, -0.2) is 48.6 Å². The summed E-state index contributed by atoms with van der Waals surface area (Å²) in [6, 6.07) is 10.7. The summed E-state index contributed by atoms with van der Waals surface area (Å²) in [6.45, 7) is 8.28. The second-order valence-electron chi connectivity index (χ2n) is 13.8. The number of aliphatic hydroxyl groups is 2. The van der Waals surface area contributed by atoms with E-state index < -0.39 is 36.8 Å². The summed E-state index contributed by atoms with van der Waals surface area (Å²) in [7, 11) is 0. The van der Waals surface area contributed by atoms with Crippen LogP contribution in [0.3, 0.4) is 0 Å². The lowest BCUT2D eigenvalue weighted by Crippen LogP contribution is -2.33. The van der Waals surface area contributed by atoms with Crippen LogP contribution in [0.15, 0.2) is 60.7 Å². The maximum Gasteiger partial charge on any atom is 0.335 e. The minimum atomic E-state index is -0.667. The zero-order valence-electron chi connectivity index (χ0n) is 28.4. The lowest BCUT2D eigenvalue weighted by molar-refractivity contribution is -0.146. The van der Waals surface area contributed by atoms with Gasteiger partial charge in [-0.3, -0.25) is 0 Å². The van der Waals surface area contributed by atoms with Crippen molar-refractivity contribution in [3.05, 3.63) is 83.5 Å². The standard InChI is InChI=1S/C40H52F2O6/c1-4-5-6-7-28-20-36(41)38(37(42)21-28)34-18-16-32(17-19-34)30-10-8-29(9-11-30)31-12-14-33(15-13-31)35(24-47-39(45)26(2)22-43)25-48-40(46)27(3)23-44/h16-21,29-31,33,35,43-44H,2-15,22-25H2,1H3. The van der Waals surface area contributed by atoms with Gasteiger partial charge in [0.05, 0.1) is 43.1 Å². The molecule has 0 heterocycles. The lowest BCUT2D eigenvalue weighted by atomic mass is 9.67. The number of halogens is 2. The molecule has 2 saturated carbocycles. The van der Waals surface area contributed by atoms with Crippen molar-refractivity contribution in [3.63, 3.8) is 0 Å². The van der Waals surface area contributed by atoms with Crippen molar-refractivity contribution in [1.82, 2.24) is 0 Å². The number of esters is 2. The van der Waals surface area contributed by atoms with Crippen LogP contribution in [-0.2, 0) is 25.5 Å². The van der Waals surface area contributed by atoms with E-state index in [2.05, 4.69) is 20.1 Å². The molecule has 0 aliphatic heterocycles. The van der Waals surface area contributed by atoms with E-state index in [0.29, 0.717) is 35.3 Å². The van der Waals surface area contributed by atoms with Gasteiger partial charge in [-0.25, -0.2) is 18.4 Å². The molecule has 8 heteroatoms. The Labute approximate surface area is 284 Å². The normalized spacial score (nSPS) is 21.1. The van der Waals surface area contributed by atoms with Crippen molar-refractivity contribution in [2.75, 3.05) is 26.4 Å². The number of ether oxygens (including phenoxy) is 2. The summed E-state index contributed by atoms with van der Waals surface area (Å²) in [5, 5.41) is 18.4. The molecule has 4 rings (SSSR count). The van der Waals surface area contributed by atoms with Crippen LogP contribution in [0.1, 0.15) is 94.6 Å². The van der Waals surface area contributed by atoms with E-state index in [4.69, 9.17) is 9.47 Å². The Hall–Kier alpha value is -3.36. The Balaban J connectivity index is 1.28. The summed E-state index contributed by atoms with van der Waals surface area (Å²) in [4.78, 5) is 24.3. The van der Waals surface area contributed by atoms with E-state index in [9.17, 15) is 28.6 Å². The fourth-order valence-corrected chi connectivity index (χ4v) is 7.58. The number of benzene rings is 2. The summed E-state index contributed by atoms with van der Waals surface area (Å²) < 4.78 is 40.7. The highest BCUT2D eigenvalue weighted by Crippen LogP contribution is 2.45. The Bertz CT molecular complexity index is 1330. The van der Waals surface area contributed by atoms with Gasteiger partial charge in [-0.2, -0.15) is 0 Å². The second-order valence-corrected chi connectivity index (χ2v) is 13.8. The molecule has 0 aromatic heterocycles. The number of unbranched alkanes of at least 4 members (excludes halogenated alkanes) is 2. The van der Waals surface area contributed by atoms with E-state index >= 15 is 0 Å². The van der Waals surface area contributed by atoms with E-state index in [-0.39, 0.29) is 41.8 Å². The second kappa shape index (κ2) is 18.4. The highest BCUT2D eigenvalue weighted by Gasteiger charge is 2.35. The van der Waals surface area contributed by atoms with Crippen molar-refractivity contribution >= 4 is 11.9 Å². The summed E-state index contributed by atoms with van der Waals surface area (Å²) in [6.07, 6.45) is 12.1. The molecule has 262 valence electrons. The van der Waals surface area contributed by atoms with Crippen LogP contribution in [0.4, 0.5) is 8.78 Å². The third-order valence-electron chi connectivity index (χ3n) is 10.6. The monoisotopic (exact) mass is 666 g/mol. The molecule has 2 aliphatic carbocycles. The third-order valence-corrected chi connectivity index (χ3v) is 10.6. The zero-order valence-corrected chi connectivity index (χ0v) is 28.4. The predicted octanol–water partition coefficient (Wildman–Crippen LogP) is 8.24. The molecule has 0 amide bonds. The molecule has 2 aromatic carbocycles. The van der Waals surface area contributed by atoms with E-state index in [1.54, 1.807) is 0 Å². The van der Waals surface area contributed by atoms with Crippen molar-refractivity contribution in [2.24, 2.45) is 23.7 Å². The van der Waals surface area contributed by atoms with Crippen molar-refractivity contribution in [3.8, 4) is 11.1 Å². The van der Waals surface area contributed by atoms with Gasteiger partial charge < -0.3 is 19.7 Å². The van der Waals surface area contributed by atoms with Crippen LogP contribution >= 0.6 is 0 Å². The smallest absolute Gasteiger partial charge is 0.335 e. The van der Waals surface area contributed by atoms with Crippen LogP contribution in [0.25, 0.3) is 11.1 Å². The third kappa shape index (κ3) is 10.1. The van der Waals surface area contributed by atoms with E-state index in [0.717, 1.165) is 70.6 Å². The lowest BCUT2D eigenvalue weighted by Gasteiger charge is -2.39. The average Bonchev–Trinajstić information content (AvgIpc) is 3.11. The van der Waals surface area contributed by atoms with Gasteiger partial charge in [0.1, 0.15) is 11.6 Å². The van der Waals surface area contributed by atoms with Crippen LogP contribution in [0.5, 0.6) is 0 Å². The Morgan fingerprint density at radius 1 is 0.792 bits per heavy atom. The molecule has 6 nitrogen and oxygen atoms in total. The highest BCUT2D eigenvalue weighted by molar-refractivity contribution is 5.88. The SMILES string of the molecule is C=C(CO)C(=O)OCC(COC(=O)C(=C)CO)C1CCC(C2CCC(c3ccc(-c4c(F)cc(CCCCC)cc4F)cc3)CC2)CC1. The van der Waals surface area contributed by atoms with Gasteiger partial charge in [0.25, 0.3) is 0 Å². The Kier molecular flexibility index (Phi) is 14.4. The van der Waals surface area contributed by atoms with Gasteiger partial charge in [-0.15, -0.1) is 0 Å². The number of carbonyl (C=O) groups is 2. The molecule has 0 radical (unpaired) electrons. The Morgan fingerprint density at radius 2 is 1.29 bits per heavy atom. The zero-order chi connectivity index (χ0) is 34.6. The fraction of sp³-hybridized carbons (Fsp3) is 0.550. The molecular weight excluding hydrogens is 614 g/mol. The molecule has 2 aromatic rings. The van der Waals surface area contributed by atoms with Gasteiger partial charge in [-0.05, 0) is 117 Å². The summed E-state index contributed by atoms with van der Waals surface area (Å²) >= 11 is 0. The molecule has 0 spiro atoms. The fourth-order valence-electron chi connectivity index (χ4n) is 7.58. The van der Waals surface area contributed by atoms with Gasteiger partial charge in [0.15, 0.2) is 0 Å². The number of aliphatic hydroxyl groups excluding tert-OH is 2. The number of carbonyl (C=O) groups excluding carboxylic acids is 2. The van der Waals surface area contributed by atoms with Gasteiger partial charge >= 0.3 is 11.9 Å². The maximum atomic E-state index is 15.0. The molecule has 2 fully saturated rings. The quantitative estimate of drug-likeness (QED) is 0.107. The van der Waals surface area contributed by atoms with Crippen LogP contribution in [0, 0.1) is 35.3 Å². The molecule has 0 bridgehead atoms. The first kappa shape index (κ1) is 37.5. The number of hydrogen-bond donors (Lipinski definition) is 2. The van der Waals surface area contributed by atoms with Gasteiger partial charge in [0, 0.05) is 5.92 Å². The van der Waals surface area contributed by atoms with Crippen LogP contribution in [0.2, 0.25) is 0 Å². The van der Waals surface area contributed by atoms with E-state index in [1.165, 1.54) is 17.7 Å². The first-order valence-electron chi connectivity index (χ1n) is 17.6. The minimum Gasteiger partial charge on any atom is -0.462 e.